The van der Waals surface area contributed by atoms with Gasteiger partial charge < -0.3 is 9.84 Å². The second kappa shape index (κ2) is 13.4. The average molecular weight is 645 g/mol. The standard InChI is InChI=1S/C27H22Cl2F2N2OS.C2HF3O2/c1-34-25-14-16(8-13-22(25)29)19-4-2-7-24-26(19)33(18-11-9-17(30)10-12-18)27(32-24)35-15-20-21(28)5-3-6-23(20)31;3-2(4,5)1(6)7/h3,5-6,8-14,19H,2,4,7,15H2,1H3;(H,6,7). The van der Waals surface area contributed by atoms with Crippen molar-refractivity contribution < 1.29 is 36.6 Å². The third-order valence-electron chi connectivity index (χ3n) is 6.51. The summed E-state index contributed by atoms with van der Waals surface area (Å²) < 4.78 is 67.5. The van der Waals surface area contributed by atoms with Crippen LogP contribution in [0.3, 0.4) is 0 Å². The quantitative estimate of drug-likeness (QED) is 0.168. The first kappa shape index (κ1) is 31.7. The molecule has 1 aliphatic rings. The van der Waals surface area contributed by atoms with Crippen molar-refractivity contribution in [2.75, 3.05) is 7.11 Å². The summed E-state index contributed by atoms with van der Waals surface area (Å²) in [7, 11) is 1.60. The number of ether oxygens (including phenoxy) is 1. The molecule has 13 heteroatoms. The lowest BCUT2D eigenvalue weighted by molar-refractivity contribution is -0.192. The van der Waals surface area contributed by atoms with Gasteiger partial charge in [-0.05, 0) is 73.4 Å². The lowest BCUT2D eigenvalue weighted by Crippen LogP contribution is -2.21. The van der Waals surface area contributed by atoms with Crippen molar-refractivity contribution >= 4 is 40.9 Å². The lowest BCUT2D eigenvalue weighted by atomic mass is 9.84. The van der Waals surface area contributed by atoms with E-state index >= 15 is 0 Å². The highest BCUT2D eigenvalue weighted by Crippen LogP contribution is 2.43. The number of carboxylic acids is 1. The zero-order valence-electron chi connectivity index (χ0n) is 21.9. The van der Waals surface area contributed by atoms with Gasteiger partial charge in [-0.2, -0.15) is 13.2 Å². The zero-order chi connectivity index (χ0) is 30.6. The Hall–Kier alpha value is -3.28. The smallest absolute Gasteiger partial charge is 0.490 e. The molecule has 1 atom stereocenters. The molecular formula is C29H23Cl2F5N2O3S. The number of fused-ring (bicyclic) bond motifs is 1. The van der Waals surface area contributed by atoms with E-state index in [1.807, 2.05) is 18.2 Å². The number of thioether (sulfide) groups is 1. The molecule has 0 bridgehead atoms. The van der Waals surface area contributed by atoms with Crippen LogP contribution in [0.1, 0.15) is 41.3 Å². The number of nitrogens with zero attached hydrogens (tertiary/aromatic N) is 2. The Labute approximate surface area is 252 Å². The highest BCUT2D eigenvalue weighted by molar-refractivity contribution is 7.98. The SMILES string of the molecule is COc1cc(C2CCCc3nc(SCc4c(F)cccc4Cl)n(-c4ccc(F)cc4)c32)ccc1Cl.O=C(O)C(F)(F)F. The molecule has 0 fully saturated rings. The summed E-state index contributed by atoms with van der Waals surface area (Å²) in [5.74, 6) is -2.42. The van der Waals surface area contributed by atoms with E-state index in [2.05, 4.69) is 4.57 Å². The maximum absolute atomic E-state index is 14.4. The van der Waals surface area contributed by atoms with Crippen LogP contribution in [0.2, 0.25) is 10.0 Å². The first-order chi connectivity index (χ1) is 19.9. The molecular weight excluding hydrogens is 622 g/mol. The van der Waals surface area contributed by atoms with Gasteiger partial charge in [-0.25, -0.2) is 18.6 Å². The van der Waals surface area contributed by atoms with Crippen LogP contribution < -0.4 is 4.74 Å². The van der Waals surface area contributed by atoms with Crippen molar-refractivity contribution in [1.29, 1.82) is 0 Å². The molecule has 0 amide bonds. The largest absolute Gasteiger partial charge is 0.495 e. The molecule has 1 unspecified atom stereocenters. The minimum absolute atomic E-state index is 0.0499. The third-order valence-corrected chi connectivity index (χ3v) is 8.14. The first-order valence-electron chi connectivity index (χ1n) is 12.5. The molecule has 0 aliphatic heterocycles. The molecule has 3 aromatic carbocycles. The van der Waals surface area contributed by atoms with Crippen molar-refractivity contribution in [3.05, 3.63) is 105 Å². The maximum atomic E-state index is 14.4. The predicted octanol–water partition coefficient (Wildman–Crippen LogP) is 8.86. The Morgan fingerprint density at radius 2 is 1.79 bits per heavy atom. The number of carboxylic acid groups (broad SMARTS) is 1. The normalized spacial score (nSPS) is 14.5. The van der Waals surface area contributed by atoms with Crippen LogP contribution >= 0.6 is 35.0 Å². The van der Waals surface area contributed by atoms with Crippen molar-refractivity contribution in [3.8, 4) is 11.4 Å². The van der Waals surface area contributed by atoms with E-state index in [0.717, 1.165) is 41.9 Å². The predicted molar refractivity (Wildman–Crippen MR) is 151 cm³/mol. The number of methoxy groups -OCH3 is 1. The molecule has 0 spiro atoms. The van der Waals surface area contributed by atoms with Crippen molar-refractivity contribution in [3.63, 3.8) is 0 Å². The van der Waals surface area contributed by atoms with Crippen LogP contribution in [-0.4, -0.2) is 33.9 Å². The van der Waals surface area contributed by atoms with Crippen molar-refractivity contribution in [2.24, 2.45) is 0 Å². The number of aliphatic carboxylic acids is 1. The van der Waals surface area contributed by atoms with Crippen LogP contribution in [0, 0.1) is 11.6 Å². The highest BCUT2D eigenvalue weighted by atomic mass is 35.5. The molecule has 0 saturated heterocycles. The van der Waals surface area contributed by atoms with Crippen LogP contribution in [0.25, 0.3) is 5.69 Å². The number of halogens is 7. The molecule has 1 heterocycles. The molecule has 0 radical (unpaired) electrons. The molecule has 42 heavy (non-hydrogen) atoms. The van der Waals surface area contributed by atoms with E-state index in [1.54, 1.807) is 31.4 Å². The van der Waals surface area contributed by atoms with Gasteiger partial charge >= 0.3 is 12.1 Å². The van der Waals surface area contributed by atoms with Gasteiger partial charge in [0.25, 0.3) is 0 Å². The second-order valence-corrected chi connectivity index (χ2v) is 10.9. The molecule has 4 aromatic rings. The fourth-order valence-electron chi connectivity index (χ4n) is 4.57. The number of rotatable bonds is 6. The Morgan fingerprint density at radius 3 is 2.40 bits per heavy atom. The summed E-state index contributed by atoms with van der Waals surface area (Å²) in [4.78, 5) is 13.9. The van der Waals surface area contributed by atoms with Gasteiger partial charge in [0.15, 0.2) is 5.16 Å². The van der Waals surface area contributed by atoms with Crippen molar-refractivity contribution in [2.45, 2.75) is 42.3 Å². The molecule has 5 rings (SSSR count). The number of hydrogen-bond acceptors (Lipinski definition) is 4. The zero-order valence-corrected chi connectivity index (χ0v) is 24.2. The first-order valence-corrected chi connectivity index (χ1v) is 14.2. The van der Waals surface area contributed by atoms with E-state index in [4.69, 9.17) is 42.8 Å². The number of hydrogen-bond donors (Lipinski definition) is 1. The van der Waals surface area contributed by atoms with Crippen LogP contribution in [0.4, 0.5) is 22.0 Å². The molecule has 5 nitrogen and oxygen atoms in total. The lowest BCUT2D eigenvalue weighted by Gasteiger charge is -2.26. The molecule has 1 aliphatic carbocycles. The minimum Gasteiger partial charge on any atom is -0.495 e. The Morgan fingerprint density at radius 1 is 1.10 bits per heavy atom. The molecule has 1 aromatic heterocycles. The minimum atomic E-state index is -5.08. The third kappa shape index (κ3) is 7.19. The van der Waals surface area contributed by atoms with Crippen LogP contribution in [-0.2, 0) is 17.0 Å². The van der Waals surface area contributed by atoms with Crippen molar-refractivity contribution in [1.82, 2.24) is 9.55 Å². The van der Waals surface area contributed by atoms with E-state index in [1.165, 1.54) is 30.0 Å². The summed E-state index contributed by atoms with van der Waals surface area (Å²) in [5, 5.41) is 8.78. The van der Waals surface area contributed by atoms with Gasteiger partial charge in [-0.1, -0.05) is 47.1 Å². The van der Waals surface area contributed by atoms with Gasteiger partial charge in [0.1, 0.15) is 17.4 Å². The highest BCUT2D eigenvalue weighted by Gasteiger charge is 2.38. The molecule has 0 saturated carbocycles. The van der Waals surface area contributed by atoms with Crippen LogP contribution in [0.5, 0.6) is 5.75 Å². The number of imidazole rings is 1. The van der Waals surface area contributed by atoms with E-state index < -0.39 is 12.1 Å². The van der Waals surface area contributed by atoms with Gasteiger partial charge in [0.05, 0.1) is 23.5 Å². The molecule has 1 N–H and O–H groups in total. The summed E-state index contributed by atoms with van der Waals surface area (Å²) in [5.41, 5.74) is 4.35. The van der Waals surface area contributed by atoms with Gasteiger partial charge in [-0.3, -0.25) is 4.57 Å². The van der Waals surface area contributed by atoms with E-state index in [9.17, 15) is 22.0 Å². The monoisotopic (exact) mass is 644 g/mol. The average Bonchev–Trinajstić information content (AvgIpc) is 3.32. The number of benzene rings is 3. The summed E-state index contributed by atoms with van der Waals surface area (Å²) in [6.45, 7) is 0. The fraction of sp³-hybridized carbons (Fsp3) is 0.241. The number of aryl methyl sites for hydroxylation is 1. The van der Waals surface area contributed by atoms with E-state index in [0.29, 0.717) is 32.3 Å². The topological polar surface area (TPSA) is 64.4 Å². The summed E-state index contributed by atoms with van der Waals surface area (Å²) >= 11 is 14.0. The Bertz CT molecular complexity index is 1560. The second-order valence-electron chi connectivity index (χ2n) is 9.17. The Balaban J connectivity index is 0.000000517. The van der Waals surface area contributed by atoms with Gasteiger partial charge in [0.2, 0.25) is 0 Å². The summed E-state index contributed by atoms with van der Waals surface area (Å²) in [6, 6.07) is 16.9. The molecule has 222 valence electrons. The van der Waals surface area contributed by atoms with Gasteiger partial charge in [0, 0.05) is 27.9 Å². The fourth-order valence-corrected chi connectivity index (χ4v) is 6.15. The Kier molecular flexibility index (Phi) is 10.1. The van der Waals surface area contributed by atoms with E-state index in [-0.39, 0.29) is 17.6 Å². The van der Waals surface area contributed by atoms with Gasteiger partial charge in [-0.15, -0.1) is 0 Å². The number of carbonyl (C=O) groups is 1. The number of aromatic nitrogens is 2. The maximum Gasteiger partial charge on any atom is 0.490 e. The number of alkyl halides is 3. The summed E-state index contributed by atoms with van der Waals surface area (Å²) in [6.07, 6.45) is -2.35. The van der Waals surface area contributed by atoms with Crippen LogP contribution in [0.15, 0.2) is 65.8 Å².